The SMILES string of the molecule is CCC[C@H]1CN(c2ccccc2)C(C(C)(C)O)=N1. The number of amidine groups is 1. The molecule has 1 heterocycles. The Hall–Kier alpha value is -1.35. The molecule has 0 saturated heterocycles. The Kier molecular flexibility index (Phi) is 3.71. The molecule has 0 aliphatic carbocycles. The van der Waals surface area contributed by atoms with Gasteiger partial charge in [0.2, 0.25) is 0 Å². The summed E-state index contributed by atoms with van der Waals surface area (Å²) < 4.78 is 0. The lowest BCUT2D eigenvalue weighted by Gasteiger charge is -2.28. The standard InChI is InChI=1S/C15H22N2O/c1-4-8-12-11-17(13-9-6-5-7-10-13)14(16-12)15(2,3)18/h5-7,9-10,12,18H,4,8,11H2,1-3H3/t12-/m0/s1. The molecular formula is C15H22N2O. The zero-order valence-corrected chi connectivity index (χ0v) is 11.4. The number of rotatable bonds is 4. The average Bonchev–Trinajstić information content (AvgIpc) is 2.75. The lowest BCUT2D eigenvalue weighted by Crippen LogP contribution is -2.43. The van der Waals surface area contributed by atoms with Crippen LogP contribution in [0.4, 0.5) is 5.69 Å². The van der Waals surface area contributed by atoms with Crippen LogP contribution in [0.3, 0.4) is 0 Å². The van der Waals surface area contributed by atoms with Gasteiger partial charge < -0.3 is 10.0 Å². The largest absolute Gasteiger partial charge is 0.383 e. The maximum Gasteiger partial charge on any atom is 0.136 e. The van der Waals surface area contributed by atoms with Gasteiger partial charge in [-0.2, -0.15) is 0 Å². The Morgan fingerprint density at radius 1 is 1.33 bits per heavy atom. The van der Waals surface area contributed by atoms with Crippen molar-refractivity contribution in [1.82, 2.24) is 0 Å². The lowest BCUT2D eigenvalue weighted by atomic mass is 10.1. The van der Waals surface area contributed by atoms with E-state index in [0.717, 1.165) is 30.9 Å². The molecule has 0 fully saturated rings. The van der Waals surface area contributed by atoms with Gasteiger partial charge in [0.25, 0.3) is 0 Å². The highest BCUT2D eigenvalue weighted by molar-refractivity contribution is 6.04. The monoisotopic (exact) mass is 246 g/mol. The topological polar surface area (TPSA) is 35.8 Å². The number of benzene rings is 1. The Bertz CT molecular complexity index is 420. The van der Waals surface area contributed by atoms with E-state index in [1.807, 2.05) is 18.2 Å². The third kappa shape index (κ3) is 2.72. The molecule has 1 aromatic rings. The highest BCUT2D eigenvalue weighted by Crippen LogP contribution is 2.26. The van der Waals surface area contributed by atoms with Gasteiger partial charge >= 0.3 is 0 Å². The number of nitrogens with zero attached hydrogens (tertiary/aromatic N) is 2. The van der Waals surface area contributed by atoms with Crippen molar-refractivity contribution in [2.45, 2.75) is 45.3 Å². The second kappa shape index (κ2) is 5.11. The maximum atomic E-state index is 10.3. The van der Waals surface area contributed by atoms with Crippen LogP contribution in [-0.4, -0.2) is 29.1 Å². The van der Waals surface area contributed by atoms with E-state index in [9.17, 15) is 5.11 Å². The number of aliphatic imine (C=N–C) groups is 1. The predicted molar refractivity (Wildman–Crippen MR) is 76.2 cm³/mol. The molecule has 1 aromatic carbocycles. The van der Waals surface area contributed by atoms with Gasteiger partial charge in [-0.25, -0.2) is 0 Å². The number of hydrogen-bond donors (Lipinski definition) is 1. The number of aliphatic hydroxyl groups is 1. The number of para-hydroxylation sites is 1. The van der Waals surface area contributed by atoms with E-state index in [1.54, 1.807) is 13.8 Å². The Balaban J connectivity index is 2.28. The highest BCUT2D eigenvalue weighted by atomic mass is 16.3. The van der Waals surface area contributed by atoms with Crippen molar-refractivity contribution < 1.29 is 5.11 Å². The van der Waals surface area contributed by atoms with Crippen LogP contribution in [0.25, 0.3) is 0 Å². The van der Waals surface area contributed by atoms with Crippen LogP contribution < -0.4 is 4.90 Å². The highest BCUT2D eigenvalue weighted by Gasteiger charge is 2.34. The van der Waals surface area contributed by atoms with Crippen molar-refractivity contribution in [1.29, 1.82) is 0 Å². The summed E-state index contributed by atoms with van der Waals surface area (Å²) in [6.45, 7) is 6.65. The van der Waals surface area contributed by atoms with Gasteiger partial charge in [-0.3, -0.25) is 4.99 Å². The fraction of sp³-hybridized carbons (Fsp3) is 0.533. The van der Waals surface area contributed by atoms with E-state index in [0.29, 0.717) is 6.04 Å². The molecule has 3 heteroatoms. The minimum atomic E-state index is -0.891. The summed E-state index contributed by atoms with van der Waals surface area (Å²) in [6.07, 6.45) is 2.19. The first-order valence-electron chi connectivity index (χ1n) is 6.65. The van der Waals surface area contributed by atoms with Crippen LogP contribution in [-0.2, 0) is 0 Å². The summed E-state index contributed by atoms with van der Waals surface area (Å²) in [6, 6.07) is 10.5. The number of anilines is 1. The Morgan fingerprint density at radius 3 is 2.56 bits per heavy atom. The predicted octanol–water partition coefficient (Wildman–Crippen LogP) is 2.84. The smallest absolute Gasteiger partial charge is 0.136 e. The second-order valence-corrected chi connectivity index (χ2v) is 5.40. The van der Waals surface area contributed by atoms with Gasteiger partial charge in [0, 0.05) is 12.2 Å². The third-order valence-electron chi connectivity index (χ3n) is 3.19. The summed E-state index contributed by atoms with van der Waals surface area (Å²) in [4.78, 5) is 6.84. The molecule has 1 aliphatic heterocycles. The molecule has 98 valence electrons. The molecule has 0 bridgehead atoms. The van der Waals surface area contributed by atoms with Crippen LogP contribution in [0.15, 0.2) is 35.3 Å². The number of hydrogen-bond acceptors (Lipinski definition) is 3. The van der Waals surface area contributed by atoms with Crippen molar-refractivity contribution in [3.63, 3.8) is 0 Å². The molecule has 3 nitrogen and oxygen atoms in total. The molecular weight excluding hydrogens is 224 g/mol. The quantitative estimate of drug-likeness (QED) is 0.886. The minimum absolute atomic E-state index is 0.302. The summed E-state index contributed by atoms with van der Waals surface area (Å²) >= 11 is 0. The zero-order chi connectivity index (χ0) is 13.2. The van der Waals surface area contributed by atoms with Crippen molar-refractivity contribution in [3.05, 3.63) is 30.3 Å². The van der Waals surface area contributed by atoms with E-state index >= 15 is 0 Å². The summed E-state index contributed by atoms with van der Waals surface area (Å²) in [5, 5.41) is 10.3. The first kappa shape index (κ1) is 13.1. The minimum Gasteiger partial charge on any atom is -0.383 e. The van der Waals surface area contributed by atoms with Crippen LogP contribution >= 0.6 is 0 Å². The van der Waals surface area contributed by atoms with Gasteiger partial charge in [0.15, 0.2) is 0 Å². The van der Waals surface area contributed by atoms with Crippen LogP contribution in [0.2, 0.25) is 0 Å². The second-order valence-electron chi connectivity index (χ2n) is 5.40. The normalized spacial score (nSPS) is 20.1. The first-order chi connectivity index (χ1) is 8.52. The molecule has 1 atom stereocenters. The van der Waals surface area contributed by atoms with Crippen molar-refractivity contribution in [2.75, 3.05) is 11.4 Å². The third-order valence-corrected chi connectivity index (χ3v) is 3.19. The first-order valence-corrected chi connectivity index (χ1v) is 6.65. The molecule has 1 aliphatic rings. The Labute approximate surface area is 109 Å². The Morgan fingerprint density at radius 2 is 2.00 bits per heavy atom. The van der Waals surface area contributed by atoms with Crippen molar-refractivity contribution in [2.24, 2.45) is 4.99 Å². The molecule has 0 radical (unpaired) electrons. The van der Waals surface area contributed by atoms with Crippen molar-refractivity contribution >= 4 is 11.5 Å². The molecule has 0 aromatic heterocycles. The molecule has 1 N–H and O–H groups in total. The fourth-order valence-corrected chi connectivity index (χ4v) is 2.39. The summed E-state index contributed by atoms with van der Waals surface area (Å²) in [5.74, 6) is 0.784. The molecule has 0 spiro atoms. The van der Waals surface area contributed by atoms with E-state index in [2.05, 4.69) is 24.0 Å². The van der Waals surface area contributed by atoms with Crippen LogP contribution in [0, 0.1) is 0 Å². The van der Waals surface area contributed by atoms with Gasteiger partial charge in [0.05, 0.1) is 6.04 Å². The van der Waals surface area contributed by atoms with E-state index in [4.69, 9.17) is 4.99 Å². The average molecular weight is 246 g/mol. The van der Waals surface area contributed by atoms with Crippen LogP contribution in [0.5, 0.6) is 0 Å². The zero-order valence-electron chi connectivity index (χ0n) is 11.4. The van der Waals surface area contributed by atoms with Crippen molar-refractivity contribution in [3.8, 4) is 0 Å². The van der Waals surface area contributed by atoms with E-state index in [-0.39, 0.29) is 0 Å². The maximum absolute atomic E-state index is 10.3. The molecule has 0 saturated carbocycles. The van der Waals surface area contributed by atoms with Gasteiger partial charge in [0.1, 0.15) is 11.4 Å². The van der Waals surface area contributed by atoms with E-state index in [1.165, 1.54) is 0 Å². The van der Waals surface area contributed by atoms with Gasteiger partial charge in [-0.1, -0.05) is 31.5 Å². The molecule has 0 amide bonds. The fourth-order valence-electron chi connectivity index (χ4n) is 2.39. The summed E-state index contributed by atoms with van der Waals surface area (Å²) in [7, 11) is 0. The van der Waals surface area contributed by atoms with E-state index < -0.39 is 5.60 Å². The summed E-state index contributed by atoms with van der Waals surface area (Å²) in [5.41, 5.74) is 0.218. The van der Waals surface area contributed by atoms with Gasteiger partial charge in [-0.05, 0) is 32.4 Å². The van der Waals surface area contributed by atoms with Crippen LogP contribution in [0.1, 0.15) is 33.6 Å². The molecule has 0 unspecified atom stereocenters. The molecule has 2 rings (SSSR count). The lowest BCUT2D eigenvalue weighted by molar-refractivity contribution is 0.152. The van der Waals surface area contributed by atoms with Gasteiger partial charge in [-0.15, -0.1) is 0 Å². The molecule has 18 heavy (non-hydrogen) atoms.